The number of halogens is 2. The highest BCUT2D eigenvalue weighted by Gasteiger charge is 2.42. The first-order chi connectivity index (χ1) is 24.7. The van der Waals surface area contributed by atoms with Gasteiger partial charge in [0.1, 0.15) is 5.65 Å². The van der Waals surface area contributed by atoms with Crippen LogP contribution in [0.5, 0.6) is 0 Å². The number of unbranched alkanes of at least 4 members (excludes halogenated alkanes) is 3. The molecule has 0 bridgehead atoms. The second-order valence-electron chi connectivity index (χ2n) is 12.8. The summed E-state index contributed by atoms with van der Waals surface area (Å²) in [6.45, 7) is 0.602. The van der Waals surface area contributed by atoms with Crippen LogP contribution in [0.15, 0.2) is 59.5 Å². The number of amides is 4. The van der Waals surface area contributed by atoms with Gasteiger partial charge in [0.25, 0.3) is 5.56 Å². The monoisotopic (exact) mass is 750 g/mol. The minimum atomic E-state index is -0.288. The Morgan fingerprint density at radius 3 is 2.45 bits per heavy atom. The SMILES string of the molecule is Cn1c(=O)c(-c2c(Cl)cccc2Cl)cc2cnc(Nc3ccc(NC(=O)CCCCCNC(=O)CCCC[C@@H]4SC[C@@H]5NC(=O)N[C@@H]54)cc3)nc21. The van der Waals surface area contributed by atoms with E-state index in [1.54, 1.807) is 49.6 Å². The van der Waals surface area contributed by atoms with E-state index in [1.807, 2.05) is 23.9 Å². The Morgan fingerprint density at radius 1 is 0.941 bits per heavy atom. The van der Waals surface area contributed by atoms with Crippen LogP contribution < -0.4 is 32.1 Å². The zero-order chi connectivity index (χ0) is 35.9. The van der Waals surface area contributed by atoms with Gasteiger partial charge in [-0.2, -0.15) is 16.7 Å². The first-order valence-corrected chi connectivity index (χ1v) is 18.9. The van der Waals surface area contributed by atoms with E-state index in [2.05, 4.69) is 36.6 Å². The summed E-state index contributed by atoms with van der Waals surface area (Å²) in [5, 5.41) is 16.8. The molecule has 6 rings (SSSR count). The van der Waals surface area contributed by atoms with Crippen molar-refractivity contribution >= 4 is 81.2 Å². The van der Waals surface area contributed by atoms with Crippen LogP contribution in [0.4, 0.5) is 22.1 Å². The average molecular weight is 752 g/mol. The maximum atomic E-state index is 13.2. The van der Waals surface area contributed by atoms with Crippen molar-refractivity contribution in [2.24, 2.45) is 7.05 Å². The quantitative estimate of drug-likeness (QED) is 0.0691. The smallest absolute Gasteiger partial charge is 0.315 e. The molecule has 5 N–H and O–H groups in total. The number of pyridine rings is 1. The highest BCUT2D eigenvalue weighted by Crippen LogP contribution is 2.34. The number of carbonyl (C=O) groups is 3. The van der Waals surface area contributed by atoms with E-state index in [9.17, 15) is 19.2 Å². The number of rotatable bonds is 15. The third-order valence-electron chi connectivity index (χ3n) is 9.09. The molecule has 2 aromatic carbocycles. The molecule has 4 heterocycles. The predicted octanol–water partition coefficient (Wildman–Crippen LogP) is 6.39. The number of benzene rings is 2. The molecule has 2 saturated heterocycles. The Kier molecular flexibility index (Phi) is 12.0. The number of urea groups is 1. The lowest BCUT2D eigenvalue weighted by Crippen LogP contribution is -2.36. The van der Waals surface area contributed by atoms with Crippen LogP contribution in [-0.2, 0) is 16.6 Å². The molecule has 2 aliphatic rings. The van der Waals surface area contributed by atoms with Gasteiger partial charge in [-0.15, -0.1) is 0 Å². The second kappa shape index (κ2) is 16.8. The van der Waals surface area contributed by atoms with Crippen molar-refractivity contribution in [2.75, 3.05) is 22.9 Å². The number of hydrogen-bond donors (Lipinski definition) is 5. The number of nitrogens with zero attached hydrogens (tertiary/aromatic N) is 3. The molecule has 0 radical (unpaired) electrons. The maximum absolute atomic E-state index is 13.2. The fourth-order valence-electron chi connectivity index (χ4n) is 6.41. The van der Waals surface area contributed by atoms with E-state index < -0.39 is 0 Å². The van der Waals surface area contributed by atoms with Crippen molar-refractivity contribution < 1.29 is 14.4 Å². The number of anilines is 3. The molecule has 0 aliphatic carbocycles. The molecule has 15 heteroatoms. The van der Waals surface area contributed by atoms with Gasteiger partial charge in [0.2, 0.25) is 17.8 Å². The Balaban J connectivity index is 0.880. The van der Waals surface area contributed by atoms with Gasteiger partial charge >= 0.3 is 6.03 Å². The van der Waals surface area contributed by atoms with E-state index in [0.717, 1.165) is 44.3 Å². The number of hydrogen-bond acceptors (Lipinski definition) is 8. The van der Waals surface area contributed by atoms with Crippen LogP contribution in [0, 0.1) is 0 Å². The van der Waals surface area contributed by atoms with Gasteiger partial charge < -0.3 is 26.6 Å². The molecule has 0 saturated carbocycles. The molecular formula is C36H40Cl2N8O4S. The van der Waals surface area contributed by atoms with E-state index >= 15 is 0 Å². The maximum Gasteiger partial charge on any atom is 0.315 e. The zero-order valence-corrected chi connectivity index (χ0v) is 30.5. The van der Waals surface area contributed by atoms with Crippen molar-refractivity contribution in [2.45, 2.75) is 68.7 Å². The number of nitrogens with one attached hydrogen (secondary N) is 5. The van der Waals surface area contributed by atoms with Gasteiger partial charge in [-0.25, -0.2) is 9.78 Å². The molecule has 2 fully saturated rings. The van der Waals surface area contributed by atoms with Crippen molar-refractivity contribution in [3.63, 3.8) is 0 Å². The minimum absolute atomic E-state index is 0.0603. The lowest BCUT2D eigenvalue weighted by atomic mass is 10.0. The number of fused-ring (bicyclic) bond motifs is 2. The molecule has 12 nitrogen and oxygen atoms in total. The van der Waals surface area contributed by atoms with Crippen molar-refractivity contribution in [1.29, 1.82) is 0 Å². The highest BCUT2D eigenvalue weighted by atomic mass is 35.5. The van der Waals surface area contributed by atoms with E-state index in [4.69, 9.17) is 23.2 Å². The number of aryl methyl sites for hydroxylation is 1. The number of thioether (sulfide) groups is 1. The van der Waals surface area contributed by atoms with Crippen LogP contribution in [0.2, 0.25) is 10.0 Å². The van der Waals surface area contributed by atoms with Crippen molar-refractivity contribution in [3.8, 4) is 11.1 Å². The van der Waals surface area contributed by atoms with Crippen molar-refractivity contribution in [1.82, 2.24) is 30.5 Å². The van der Waals surface area contributed by atoms with Crippen LogP contribution in [0.1, 0.15) is 51.4 Å². The second-order valence-corrected chi connectivity index (χ2v) is 14.9. The molecule has 2 aromatic heterocycles. The molecule has 4 aromatic rings. The molecule has 3 atom stereocenters. The number of aromatic nitrogens is 3. The predicted molar refractivity (Wildman–Crippen MR) is 204 cm³/mol. The summed E-state index contributed by atoms with van der Waals surface area (Å²) in [7, 11) is 1.64. The summed E-state index contributed by atoms with van der Waals surface area (Å²) in [4.78, 5) is 58.4. The Labute approximate surface area is 309 Å². The van der Waals surface area contributed by atoms with Gasteiger partial charge in [-0.05, 0) is 68.1 Å². The fourth-order valence-corrected chi connectivity index (χ4v) is 8.55. The lowest BCUT2D eigenvalue weighted by molar-refractivity contribution is -0.121. The normalized spacial score (nSPS) is 17.9. The largest absolute Gasteiger partial charge is 0.356 e. The third kappa shape index (κ3) is 9.13. The molecule has 51 heavy (non-hydrogen) atoms. The zero-order valence-electron chi connectivity index (χ0n) is 28.1. The summed E-state index contributed by atoms with van der Waals surface area (Å²) in [5.74, 6) is 1.24. The van der Waals surface area contributed by atoms with E-state index in [-0.39, 0.29) is 35.5 Å². The van der Waals surface area contributed by atoms with Crippen LogP contribution >= 0.6 is 35.0 Å². The summed E-state index contributed by atoms with van der Waals surface area (Å²) >= 11 is 14.6. The van der Waals surface area contributed by atoms with E-state index in [0.29, 0.717) is 74.2 Å². The molecule has 268 valence electrons. The van der Waals surface area contributed by atoms with Crippen molar-refractivity contribution in [3.05, 3.63) is 75.1 Å². The summed E-state index contributed by atoms with van der Waals surface area (Å²) < 4.78 is 1.44. The number of carbonyl (C=O) groups excluding carboxylic acids is 3. The molecule has 4 amide bonds. The first kappa shape index (κ1) is 36.5. The summed E-state index contributed by atoms with van der Waals surface area (Å²) in [5.41, 5.74) is 2.36. The minimum Gasteiger partial charge on any atom is -0.356 e. The lowest BCUT2D eigenvalue weighted by Gasteiger charge is -2.16. The van der Waals surface area contributed by atoms with Gasteiger partial charge in [-0.1, -0.05) is 42.1 Å². The average Bonchev–Trinajstić information content (AvgIpc) is 3.67. The van der Waals surface area contributed by atoms with Gasteiger partial charge in [0.15, 0.2) is 0 Å². The molecule has 0 unspecified atom stereocenters. The Morgan fingerprint density at radius 2 is 1.67 bits per heavy atom. The molecular weight excluding hydrogens is 711 g/mol. The van der Waals surface area contributed by atoms with Crippen LogP contribution in [0.25, 0.3) is 22.2 Å². The Hall–Kier alpha value is -4.33. The van der Waals surface area contributed by atoms with Gasteiger partial charge in [-0.3, -0.25) is 19.0 Å². The van der Waals surface area contributed by atoms with Crippen LogP contribution in [-0.4, -0.2) is 62.0 Å². The first-order valence-electron chi connectivity index (χ1n) is 17.1. The molecule has 0 spiro atoms. The topological polar surface area (TPSA) is 159 Å². The summed E-state index contributed by atoms with van der Waals surface area (Å²) in [6, 6.07) is 14.4. The Bertz CT molecular complexity index is 1960. The summed E-state index contributed by atoms with van der Waals surface area (Å²) in [6.07, 6.45) is 7.70. The van der Waals surface area contributed by atoms with Gasteiger partial charge in [0, 0.05) is 66.0 Å². The standard InChI is InChI=1S/C36H40Cl2N8O4S/c1-46-33-21(18-24(34(46)49)31-25(37)8-7-9-26(31)38)19-40-35(45-33)42-23-15-13-22(14-16-23)41-30(48)12-3-2-6-17-39-29(47)11-5-4-10-28-32-27(20-51-28)43-36(50)44-32/h7-9,13-16,18-19,27-28,32H,2-6,10-12,17,20H2,1H3,(H,39,47)(H,41,48)(H,40,42,45)(H2,43,44,50)/t27-,28-,32-/m0/s1. The van der Waals surface area contributed by atoms with Crippen LogP contribution in [0.3, 0.4) is 0 Å². The fraction of sp³-hybridized carbons (Fsp3) is 0.389. The van der Waals surface area contributed by atoms with E-state index in [1.165, 1.54) is 4.57 Å². The van der Waals surface area contributed by atoms with Gasteiger partial charge in [0.05, 0.1) is 27.7 Å². The third-order valence-corrected chi connectivity index (χ3v) is 11.2. The molecule has 2 aliphatic heterocycles. The highest BCUT2D eigenvalue weighted by molar-refractivity contribution is 8.00.